The van der Waals surface area contributed by atoms with E-state index in [1.54, 1.807) is 25.6 Å². The molecule has 0 rings (SSSR count). The Balaban J connectivity index is 3.97. The van der Waals surface area contributed by atoms with Crippen molar-refractivity contribution in [1.29, 1.82) is 0 Å². The van der Waals surface area contributed by atoms with Gasteiger partial charge >= 0.3 is 5.97 Å². The summed E-state index contributed by atoms with van der Waals surface area (Å²) >= 11 is 1.65. The minimum Gasteiger partial charge on any atom is -0.465 e. The summed E-state index contributed by atoms with van der Waals surface area (Å²) in [4.78, 5) is 23.9. The summed E-state index contributed by atoms with van der Waals surface area (Å²) in [5.74, 6) is 0.412. The van der Waals surface area contributed by atoms with Gasteiger partial charge in [0, 0.05) is 37.1 Å². The Morgan fingerprint density at radius 1 is 0.850 bits per heavy atom. The summed E-state index contributed by atoms with van der Waals surface area (Å²) < 4.78 is 5.35. The Kier molecular flexibility index (Phi) is 24.4. The Morgan fingerprint density at radius 2 is 1.40 bits per heavy atom. The van der Waals surface area contributed by atoms with Crippen LogP contribution in [0.5, 0.6) is 0 Å². The van der Waals surface area contributed by atoms with E-state index >= 15 is 0 Å². The number of ether oxygens (including phenoxy) is 1. The first-order valence-corrected chi connectivity index (χ1v) is 15.9. The molecule has 0 radical (unpaired) electrons. The maximum Gasteiger partial charge on any atom is 0.305 e. The monoisotopic (exact) mass is 578 g/mol. The van der Waals surface area contributed by atoms with Gasteiger partial charge in [-0.25, -0.2) is 0 Å². The molecular weight excluding hydrogens is 524 g/mol. The van der Waals surface area contributed by atoms with Gasteiger partial charge in [-0.05, 0) is 51.2 Å². The largest absolute Gasteiger partial charge is 0.465 e. The number of hydrogen-bond acceptors (Lipinski definition) is 7. The van der Waals surface area contributed by atoms with E-state index in [2.05, 4.69) is 78.3 Å². The minimum absolute atomic E-state index is 0.0113. The van der Waals surface area contributed by atoms with Crippen LogP contribution in [0.25, 0.3) is 0 Å². The molecule has 1 unspecified atom stereocenters. The molecule has 0 aromatic heterocycles. The molecule has 0 spiro atoms. The van der Waals surface area contributed by atoms with Crippen molar-refractivity contribution in [3.63, 3.8) is 0 Å². The summed E-state index contributed by atoms with van der Waals surface area (Å²) in [6, 6.07) is 0. The lowest BCUT2D eigenvalue weighted by Gasteiger charge is -2.33. The zero-order valence-corrected chi connectivity index (χ0v) is 26.0. The zero-order chi connectivity index (χ0) is 29.9. The Labute approximate surface area is 247 Å². The molecule has 0 saturated heterocycles. The first-order chi connectivity index (χ1) is 19.2. The predicted octanol–water partition coefficient (Wildman–Crippen LogP) is 5.62. The molecular formula is C32H54N2O5S. The van der Waals surface area contributed by atoms with Crippen molar-refractivity contribution >= 4 is 23.6 Å². The molecule has 7 nitrogen and oxygen atoms in total. The highest BCUT2D eigenvalue weighted by Crippen LogP contribution is 2.23. The van der Waals surface area contributed by atoms with E-state index in [9.17, 15) is 19.8 Å². The van der Waals surface area contributed by atoms with Crippen LogP contribution in [0, 0.1) is 5.41 Å². The van der Waals surface area contributed by atoms with Crippen LogP contribution in [0.15, 0.2) is 60.8 Å². The van der Waals surface area contributed by atoms with Gasteiger partial charge in [-0.3, -0.25) is 14.9 Å². The molecule has 1 amide bonds. The van der Waals surface area contributed by atoms with Crippen molar-refractivity contribution in [2.45, 2.75) is 90.9 Å². The molecule has 0 aromatic carbocycles. The fourth-order valence-electron chi connectivity index (χ4n) is 3.41. The minimum atomic E-state index is -1.23. The molecule has 0 heterocycles. The van der Waals surface area contributed by atoms with E-state index in [1.807, 2.05) is 6.26 Å². The van der Waals surface area contributed by atoms with Crippen LogP contribution in [0.4, 0.5) is 0 Å². The number of allylic oxidation sites excluding steroid dienone is 10. The van der Waals surface area contributed by atoms with Crippen LogP contribution in [0.1, 0.15) is 78.6 Å². The summed E-state index contributed by atoms with van der Waals surface area (Å²) in [5, 5.41) is 26.3. The van der Waals surface area contributed by atoms with Crippen LogP contribution in [0.2, 0.25) is 0 Å². The number of rotatable bonds is 24. The maximum atomic E-state index is 12.1. The van der Waals surface area contributed by atoms with E-state index in [0.29, 0.717) is 19.4 Å². The van der Waals surface area contributed by atoms with Gasteiger partial charge < -0.3 is 20.3 Å². The molecule has 8 heteroatoms. The first-order valence-electron chi connectivity index (χ1n) is 14.5. The van der Waals surface area contributed by atoms with E-state index in [-0.39, 0.29) is 31.4 Å². The van der Waals surface area contributed by atoms with Gasteiger partial charge in [0.25, 0.3) is 0 Å². The Hall–Kier alpha value is -2.13. The predicted molar refractivity (Wildman–Crippen MR) is 169 cm³/mol. The normalized spacial score (nSPS) is 14.2. The second-order valence-electron chi connectivity index (χ2n) is 10.2. The Bertz CT molecular complexity index is 805. The number of aliphatic hydroxyl groups excluding tert-OH is 2. The van der Waals surface area contributed by atoms with E-state index < -0.39 is 17.7 Å². The SMILES string of the molecule is CC/C=C\C/C=C\C/C=C\C/C=C\C/C=C\CCCC(=O)OCC(C)(C)[C@@H](O)C(O)NCCC(=O)NCCSC. The van der Waals surface area contributed by atoms with Crippen molar-refractivity contribution in [1.82, 2.24) is 10.6 Å². The van der Waals surface area contributed by atoms with Gasteiger partial charge in [0.2, 0.25) is 5.91 Å². The molecule has 0 aliphatic rings. The van der Waals surface area contributed by atoms with Gasteiger partial charge in [0.15, 0.2) is 0 Å². The highest BCUT2D eigenvalue weighted by atomic mass is 32.2. The van der Waals surface area contributed by atoms with E-state index in [1.165, 1.54) is 0 Å². The number of esters is 1. The second-order valence-corrected chi connectivity index (χ2v) is 11.2. The molecule has 228 valence electrons. The fourth-order valence-corrected chi connectivity index (χ4v) is 3.72. The van der Waals surface area contributed by atoms with Crippen LogP contribution < -0.4 is 10.6 Å². The van der Waals surface area contributed by atoms with Crippen LogP contribution in [-0.4, -0.2) is 66.1 Å². The highest BCUT2D eigenvalue weighted by molar-refractivity contribution is 7.98. The molecule has 0 aromatic rings. The van der Waals surface area contributed by atoms with Crippen LogP contribution in [-0.2, 0) is 14.3 Å². The number of carbonyl (C=O) groups is 2. The van der Waals surface area contributed by atoms with Crippen LogP contribution in [0.3, 0.4) is 0 Å². The van der Waals surface area contributed by atoms with Crippen molar-refractivity contribution in [2.75, 3.05) is 31.7 Å². The van der Waals surface area contributed by atoms with E-state index in [0.717, 1.165) is 44.3 Å². The molecule has 0 bridgehead atoms. The van der Waals surface area contributed by atoms with Gasteiger partial charge in [-0.1, -0.05) is 81.5 Å². The number of carbonyl (C=O) groups excluding carboxylic acids is 2. The third-order valence-corrected chi connectivity index (χ3v) is 6.56. The number of thioether (sulfide) groups is 1. The maximum absolute atomic E-state index is 12.1. The lowest BCUT2D eigenvalue weighted by atomic mass is 9.86. The van der Waals surface area contributed by atoms with Crippen molar-refractivity contribution in [3.8, 4) is 0 Å². The average Bonchev–Trinajstić information content (AvgIpc) is 2.93. The topological polar surface area (TPSA) is 108 Å². The highest BCUT2D eigenvalue weighted by Gasteiger charge is 2.34. The third-order valence-electron chi connectivity index (χ3n) is 5.95. The Morgan fingerprint density at radius 3 is 1.95 bits per heavy atom. The van der Waals surface area contributed by atoms with Gasteiger partial charge in [0.1, 0.15) is 12.3 Å². The number of aliphatic hydroxyl groups is 2. The summed E-state index contributed by atoms with van der Waals surface area (Å²) in [6.07, 6.45) is 28.0. The van der Waals surface area contributed by atoms with E-state index in [4.69, 9.17) is 4.74 Å². The standard InChI is InChI=1S/C32H54N2O5S/c1-5-6-7-8-9-10-11-12-13-14-15-16-17-18-19-20-21-22-29(36)39-27-32(2,3)30(37)31(38)34-24-23-28(35)33-25-26-40-4/h6-7,9-10,12-13,15-16,18-19,30-31,34,37-38H,5,8,11,14,17,20-27H2,1-4H3,(H,33,35)/b7-6-,10-9-,13-12-,16-15-,19-18-/t30-,31?/m0/s1. The van der Waals surface area contributed by atoms with Gasteiger partial charge in [-0.2, -0.15) is 11.8 Å². The molecule has 0 aliphatic carbocycles. The number of amides is 1. The quantitative estimate of drug-likeness (QED) is 0.0510. The number of nitrogens with one attached hydrogen (secondary N) is 2. The molecule has 2 atom stereocenters. The third kappa shape index (κ3) is 22.7. The summed E-state index contributed by atoms with van der Waals surface area (Å²) in [7, 11) is 0. The average molecular weight is 579 g/mol. The molecule has 0 fully saturated rings. The summed E-state index contributed by atoms with van der Waals surface area (Å²) in [6.45, 7) is 6.41. The lowest BCUT2D eigenvalue weighted by molar-refractivity contribution is -0.153. The second kappa shape index (κ2) is 25.8. The number of hydrogen-bond donors (Lipinski definition) is 4. The smallest absolute Gasteiger partial charge is 0.305 e. The van der Waals surface area contributed by atoms with Crippen molar-refractivity contribution in [2.24, 2.45) is 5.41 Å². The van der Waals surface area contributed by atoms with Crippen LogP contribution >= 0.6 is 11.8 Å². The summed E-state index contributed by atoms with van der Waals surface area (Å²) in [5.41, 5.74) is -0.855. The molecule has 0 saturated carbocycles. The first kappa shape index (κ1) is 37.9. The van der Waals surface area contributed by atoms with Gasteiger partial charge in [0.05, 0.1) is 6.61 Å². The van der Waals surface area contributed by atoms with Gasteiger partial charge in [-0.15, -0.1) is 0 Å². The fraction of sp³-hybridized carbons (Fsp3) is 0.625. The lowest BCUT2D eigenvalue weighted by Crippen LogP contribution is -2.50. The van der Waals surface area contributed by atoms with Crippen molar-refractivity contribution < 1.29 is 24.5 Å². The number of unbranched alkanes of at least 4 members (excludes halogenated alkanes) is 1. The molecule has 4 N–H and O–H groups in total. The molecule has 40 heavy (non-hydrogen) atoms. The van der Waals surface area contributed by atoms with Crippen molar-refractivity contribution in [3.05, 3.63) is 60.8 Å². The molecule has 0 aliphatic heterocycles. The zero-order valence-electron chi connectivity index (χ0n) is 25.1.